The lowest BCUT2D eigenvalue weighted by atomic mass is 9.94. The molecule has 24 heavy (non-hydrogen) atoms. The van der Waals surface area contributed by atoms with Crippen LogP contribution >= 0.6 is 0 Å². The van der Waals surface area contributed by atoms with E-state index in [0.717, 1.165) is 56.5 Å². The summed E-state index contributed by atoms with van der Waals surface area (Å²) in [5.74, 6) is 0. The van der Waals surface area contributed by atoms with E-state index in [0.29, 0.717) is 18.1 Å². The standard InChI is InChI=1S/C19H27N3O2/c1-13-3-4-17-18(11-13)22(19(23)20-17)16-5-8-21(14(2)12-16)15-6-9-24-10-7-15/h3-4,11,14-16H,5-10,12H2,1-2H3,(H,20,23). The van der Waals surface area contributed by atoms with Crippen LogP contribution < -0.4 is 5.69 Å². The molecule has 1 N–H and O–H groups in total. The van der Waals surface area contributed by atoms with Gasteiger partial charge in [-0.25, -0.2) is 4.79 Å². The lowest BCUT2D eigenvalue weighted by molar-refractivity contribution is 0.00107. The van der Waals surface area contributed by atoms with E-state index < -0.39 is 0 Å². The van der Waals surface area contributed by atoms with Crippen molar-refractivity contribution in [2.75, 3.05) is 19.8 Å². The summed E-state index contributed by atoms with van der Waals surface area (Å²) in [6.45, 7) is 7.24. The van der Waals surface area contributed by atoms with E-state index >= 15 is 0 Å². The molecule has 2 aliphatic heterocycles. The molecular formula is C19H27N3O2. The van der Waals surface area contributed by atoms with Gasteiger partial charge in [0, 0.05) is 37.9 Å². The number of benzene rings is 1. The molecule has 1 aromatic carbocycles. The number of aromatic nitrogens is 2. The fourth-order valence-electron chi connectivity index (χ4n) is 4.55. The molecule has 2 unspecified atom stereocenters. The third kappa shape index (κ3) is 2.80. The summed E-state index contributed by atoms with van der Waals surface area (Å²) < 4.78 is 7.50. The lowest BCUT2D eigenvalue weighted by Gasteiger charge is -2.44. The molecule has 3 heterocycles. The molecule has 0 radical (unpaired) electrons. The number of imidazole rings is 1. The largest absolute Gasteiger partial charge is 0.381 e. The number of H-pyrrole nitrogens is 1. The van der Waals surface area contributed by atoms with Crippen LogP contribution in [0, 0.1) is 6.92 Å². The van der Waals surface area contributed by atoms with Crippen LogP contribution in [0.4, 0.5) is 0 Å². The van der Waals surface area contributed by atoms with Crippen LogP contribution in [0.1, 0.15) is 44.2 Å². The van der Waals surface area contributed by atoms with Crippen molar-refractivity contribution in [3.8, 4) is 0 Å². The van der Waals surface area contributed by atoms with Gasteiger partial charge in [0.1, 0.15) is 0 Å². The first-order chi connectivity index (χ1) is 11.6. The van der Waals surface area contributed by atoms with Crippen LogP contribution in [-0.2, 0) is 4.74 Å². The van der Waals surface area contributed by atoms with Gasteiger partial charge in [-0.1, -0.05) is 6.07 Å². The van der Waals surface area contributed by atoms with Crippen LogP contribution in [-0.4, -0.2) is 46.3 Å². The number of hydrogen-bond donors (Lipinski definition) is 1. The van der Waals surface area contributed by atoms with Gasteiger partial charge in [0.05, 0.1) is 11.0 Å². The molecule has 0 aliphatic carbocycles. The SMILES string of the molecule is Cc1ccc2[nH]c(=O)n(C3CCN(C4CCOCC4)C(C)C3)c2c1. The predicted molar refractivity (Wildman–Crippen MR) is 95.6 cm³/mol. The monoisotopic (exact) mass is 329 g/mol. The highest BCUT2D eigenvalue weighted by molar-refractivity contribution is 5.76. The second-order valence-electron chi connectivity index (χ2n) is 7.43. The lowest BCUT2D eigenvalue weighted by Crippen LogP contribution is -2.49. The quantitative estimate of drug-likeness (QED) is 0.922. The number of nitrogens with one attached hydrogen (secondary N) is 1. The van der Waals surface area contributed by atoms with E-state index in [1.165, 1.54) is 5.56 Å². The molecule has 4 rings (SSSR count). The third-order valence-electron chi connectivity index (χ3n) is 5.80. The number of likely N-dealkylation sites (tertiary alicyclic amines) is 1. The summed E-state index contributed by atoms with van der Waals surface area (Å²) in [5, 5.41) is 0. The molecule has 2 saturated heterocycles. The summed E-state index contributed by atoms with van der Waals surface area (Å²) >= 11 is 0. The zero-order chi connectivity index (χ0) is 16.7. The van der Waals surface area contributed by atoms with E-state index in [1.54, 1.807) is 0 Å². The zero-order valence-corrected chi connectivity index (χ0v) is 14.6. The first-order valence-corrected chi connectivity index (χ1v) is 9.18. The second-order valence-corrected chi connectivity index (χ2v) is 7.43. The first kappa shape index (κ1) is 15.9. The van der Waals surface area contributed by atoms with Crippen molar-refractivity contribution in [2.24, 2.45) is 0 Å². The average molecular weight is 329 g/mol. The molecular weight excluding hydrogens is 302 g/mol. The predicted octanol–water partition coefficient (Wildman–Crippen LogP) is 2.84. The molecule has 5 nitrogen and oxygen atoms in total. The number of nitrogens with zero attached hydrogens (tertiary/aromatic N) is 2. The Morgan fingerprint density at radius 2 is 1.96 bits per heavy atom. The summed E-state index contributed by atoms with van der Waals surface area (Å²) in [6.07, 6.45) is 4.36. The number of aromatic amines is 1. The number of piperidine rings is 1. The zero-order valence-electron chi connectivity index (χ0n) is 14.6. The van der Waals surface area contributed by atoms with Crippen molar-refractivity contribution in [1.29, 1.82) is 0 Å². The van der Waals surface area contributed by atoms with Gasteiger partial charge in [-0.05, 0) is 57.2 Å². The maximum atomic E-state index is 12.5. The first-order valence-electron chi connectivity index (χ1n) is 9.18. The van der Waals surface area contributed by atoms with Crippen molar-refractivity contribution < 1.29 is 4.74 Å². The Morgan fingerprint density at radius 1 is 1.17 bits per heavy atom. The van der Waals surface area contributed by atoms with Gasteiger partial charge < -0.3 is 9.72 Å². The highest BCUT2D eigenvalue weighted by Gasteiger charge is 2.33. The van der Waals surface area contributed by atoms with E-state index in [-0.39, 0.29) is 5.69 Å². The molecule has 130 valence electrons. The van der Waals surface area contributed by atoms with Crippen LogP contribution in [0.3, 0.4) is 0 Å². The van der Waals surface area contributed by atoms with Gasteiger partial charge in [-0.3, -0.25) is 9.47 Å². The van der Waals surface area contributed by atoms with Gasteiger partial charge >= 0.3 is 5.69 Å². The maximum absolute atomic E-state index is 12.5. The van der Waals surface area contributed by atoms with E-state index in [1.807, 2.05) is 10.6 Å². The van der Waals surface area contributed by atoms with Crippen molar-refractivity contribution >= 4 is 11.0 Å². The molecule has 0 saturated carbocycles. The van der Waals surface area contributed by atoms with Crippen LogP contribution in [0.2, 0.25) is 0 Å². The molecule has 2 fully saturated rings. The Morgan fingerprint density at radius 3 is 2.71 bits per heavy atom. The van der Waals surface area contributed by atoms with E-state index in [2.05, 4.69) is 35.9 Å². The van der Waals surface area contributed by atoms with Crippen LogP contribution in [0.25, 0.3) is 11.0 Å². The fraction of sp³-hybridized carbons (Fsp3) is 0.632. The fourth-order valence-corrected chi connectivity index (χ4v) is 4.55. The molecule has 2 aromatic rings. The van der Waals surface area contributed by atoms with Crippen LogP contribution in [0.15, 0.2) is 23.0 Å². The van der Waals surface area contributed by atoms with Gasteiger partial charge in [-0.15, -0.1) is 0 Å². The van der Waals surface area contributed by atoms with Crippen molar-refractivity contribution in [3.63, 3.8) is 0 Å². The Labute approximate surface area is 142 Å². The third-order valence-corrected chi connectivity index (χ3v) is 5.80. The Bertz CT molecular complexity index is 773. The highest BCUT2D eigenvalue weighted by atomic mass is 16.5. The van der Waals surface area contributed by atoms with Crippen LogP contribution in [0.5, 0.6) is 0 Å². The van der Waals surface area contributed by atoms with E-state index in [4.69, 9.17) is 4.74 Å². The highest BCUT2D eigenvalue weighted by Crippen LogP contribution is 2.31. The Hall–Kier alpha value is -1.59. The van der Waals surface area contributed by atoms with Gasteiger partial charge in [0.2, 0.25) is 0 Å². The summed E-state index contributed by atoms with van der Waals surface area (Å²) in [6, 6.07) is 7.65. The smallest absolute Gasteiger partial charge is 0.326 e. The number of ether oxygens (including phenoxy) is 1. The molecule has 5 heteroatoms. The summed E-state index contributed by atoms with van der Waals surface area (Å²) in [7, 11) is 0. The summed E-state index contributed by atoms with van der Waals surface area (Å²) in [4.78, 5) is 18.2. The molecule has 2 aliphatic rings. The topological polar surface area (TPSA) is 50.3 Å². The van der Waals surface area contributed by atoms with Crippen molar-refractivity contribution in [3.05, 3.63) is 34.2 Å². The summed E-state index contributed by atoms with van der Waals surface area (Å²) in [5.41, 5.74) is 3.23. The minimum absolute atomic E-state index is 0.0346. The van der Waals surface area contributed by atoms with Crippen molar-refractivity contribution in [2.45, 2.75) is 57.7 Å². The maximum Gasteiger partial charge on any atom is 0.326 e. The number of hydrogen-bond acceptors (Lipinski definition) is 3. The Balaban J connectivity index is 1.58. The average Bonchev–Trinajstić information content (AvgIpc) is 2.90. The minimum Gasteiger partial charge on any atom is -0.381 e. The van der Waals surface area contributed by atoms with Gasteiger partial charge in [-0.2, -0.15) is 0 Å². The van der Waals surface area contributed by atoms with Gasteiger partial charge in [0.25, 0.3) is 0 Å². The normalized spacial score (nSPS) is 26.9. The molecule has 2 atom stereocenters. The number of rotatable bonds is 2. The minimum atomic E-state index is 0.0346. The molecule has 0 spiro atoms. The molecule has 0 amide bonds. The number of fused-ring (bicyclic) bond motifs is 1. The van der Waals surface area contributed by atoms with Gasteiger partial charge in [0.15, 0.2) is 0 Å². The molecule has 1 aromatic heterocycles. The number of aryl methyl sites for hydroxylation is 1. The van der Waals surface area contributed by atoms with E-state index in [9.17, 15) is 4.79 Å². The second kappa shape index (κ2) is 6.37. The van der Waals surface area contributed by atoms with Crippen molar-refractivity contribution in [1.82, 2.24) is 14.5 Å². The Kier molecular flexibility index (Phi) is 4.22. The molecule has 0 bridgehead atoms.